The molecule has 0 bridgehead atoms. The summed E-state index contributed by atoms with van der Waals surface area (Å²) in [4.78, 5) is 12.4. The van der Waals surface area contributed by atoms with Gasteiger partial charge in [-0.2, -0.15) is 0 Å². The standard InChI is InChI=1S/C26H33N2O5P/c1-4-32-34(33-5-2)17-31-20-13-14-23-22(15-20)25-21(26(27)29)7-6-8-24(25)28(23)16-18-9-11-19(30-3)12-10-18/h9-15,21H,4-8,16-17H2,1-3H3,(H2,27,29). The van der Waals surface area contributed by atoms with Gasteiger partial charge in [0.2, 0.25) is 14.3 Å². The van der Waals surface area contributed by atoms with Crippen molar-refractivity contribution in [2.75, 3.05) is 26.7 Å². The Morgan fingerprint density at radius 1 is 1.09 bits per heavy atom. The zero-order valence-electron chi connectivity index (χ0n) is 20.1. The number of nitrogens with two attached hydrogens (primary N) is 1. The first-order chi connectivity index (χ1) is 16.5. The van der Waals surface area contributed by atoms with Crippen LogP contribution >= 0.6 is 8.38 Å². The number of benzene rings is 2. The van der Waals surface area contributed by atoms with Crippen molar-refractivity contribution in [3.63, 3.8) is 0 Å². The number of primary amides is 1. The van der Waals surface area contributed by atoms with Crippen molar-refractivity contribution in [3.8, 4) is 11.5 Å². The van der Waals surface area contributed by atoms with Gasteiger partial charge in [0.1, 0.15) is 11.5 Å². The number of hydrogen-bond donors (Lipinski definition) is 1. The molecule has 0 fully saturated rings. The van der Waals surface area contributed by atoms with E-state index in [4.69, 9.17) is 24.3 Å². The zero-order valence-corrected chi connectivity index (χ0v) is 21.0. The number of carbonyl (C=O) groups excluding carboxylic acids is 1. The first-order valence-corrected chi connectivity index (χ1v) is 13.1. The van der Waals surface area contributed by atoms with Crippen LogP contribution in [0.2, 0.25) is 0 Å². The van der Waals surface area contributed by atoms with Gasteiger partial charge in [-0.25, -0.2) is 0 Å². The SMILES string of the molecule is CCOP(COc1ccc2c(c1)c1c(n2Cc2ccc(OC)cc2)CCCC1C(N)=O)OCC. The predicted molar refractivity (Wildman–Crippen MR) is 135 cm³/mol. The number of rotatable bonds is 11. The molecule has 1 heterocycles. The largest absolute Gasteiger partial charge is 0.497 e. The van der Waals surface area contributed by atoms with Gasteiger partial charge >= 0.3 is 0 Å². The quantitative estimate of drug-likeness (QED) is 0.372. The molecule has 34 heavy (non-hydrogen) atoms. The molecule has 0 spiro atoms. The van der Waals surface area contributed by atoms with Gasteiger partial charge in [0.05, 0.1) is 26.2 Å². The molecule has 0 saturated heterocycles. The third kappa shape index (κ3) is 5.22. The summed E-state index contributed by atoms with van der Waals surface area (Å²) in [6.07, 6.45) is 2.99. The summed E-state index contributed by atoms with van der Waals surface area (Å²) in [7, 11) is 0.567. The summed E-state index contributed by atoms with van der Waals surface area (Å²) < 4.78 is 25.0. The van der Waals surface area contributed by atoms with Crippen molar-refractivity contribution >= 4 is 25.2 Å². The molecule has 1 unspecified atom stereocenters. The lowest BCUT2D eigenvalue weighted by atomic mass is 9.84. The van der Waals surface area contributed by atoms with Crippen molar-refractivity contribution in [1.29, 1.82) is 0 Å². The average Bonchev–Trinajstić information content (AvgIpc) is 3.16. The Hall–Kier alpha value is -2.60. The predicted octanol–water partition coefficient (Wildman–Crippen LogP) is 5.32. The molecule has 0 aliphatic heterocycles. The van der Waals surface area contributed by atoms with Gasteiger partial charge in [-0.05, 0) is 74.6 Å². The normalized spacial score (nSPS) is 15.5. The molecular weight excluding hydrogens is 451 g/mol. The van der Waals surface area contributed by atoms with Gasteiger partial charge in [-0.3, -0.25) is 4.79 Å². The topological polar surface area (TPSA) is 84.9 Å². The van der Waals surface area contributed by atoms with Crippen LogP contribution in [0.25, 0.3) is 10.9 Å². The minimum Gasteiger partial charge on any atom is -0.497 e. The third-order valence-electron chi connectivity index (χ3n) is 6.17. The maximum atomic E-state index is 12.4. The van der Waals surface area contributed by atoms with Crippen molar-refractivity contribution < 1.29 is 23.3 Å². The van der Waals surface area contributed by atoms with Crippen LogP contribution in [0.5, 0.6) is 11.5 Å². The molecular formula is C26H33N2O5P. The molecule has 7 nitrogen and oxygen atoms in total. The molecule has 182 valence electrons. The number of methoxy groups -OCH3 is 1. The molecule has 0 radical (unpaired) electrons. The molecule has 1 aliphatic rings. The lowest BCUT2D eigenvalue weighted by Gasteiger charge is -2.22. The lowest BCUT2D eigenvalue weighted by Crippen LogP contribution is -2.25. The molecule has 1 amide bonds. The van der Waals surface area contributed by atoms with E-state index in [1.54, 1.807) is 7.11 Å². The highest BCUT2D eigenvalue weighted by atomic mass is 31.2. The van der Waals surface area contributed by atoms with Crippen LogP contribution in [-0.4, -0.2) is 37.1 Å². The molecule has 4 rings (SSSR count). The Morgan fingerprint density at radius 2 is 1.79 bits per heavy atom. The number of fused-ring (bicyclic) bond motifs is 3. The Bertz CT molecular complexity index is 1120. The monoisotopic (exact) mass is 484 g/mol. The second kappa shape index (κ2) is 11.2. The van der Waals surface area contributed by atoms with Crippen molar-refractivity contribution in [1.82, 2.24) is 4.57 Å². The number of aromatic nitrogens is 1. The number of nitrogens with zero attached hydrogens (tertiary/aromatic N) is 1. The van der Waals surface area contributed by atoms with Gasteiger partial charge in [-0.1, -0.05) is 12.1 Å². The number of ether oxygens (including phenoxy) is 2. The van der Waals surface area contributed by atoms with Crippen LogP contribution in [0.1, 0.15) is 49.4 Å². The fourth-order valence-electron chi connectivity index (χ4n) is 4.68. The van der Waals surface area contributed by atoms with Gasteiger partial charge in [-0.15, -0.1) is 0 Å². The van der Waals surface area contributed by atoms with E-state index < -0.39 is 8.38 Å². The maximum Gasteiger partial charge on any atom is 0.225 e. The van der Waals surface area contributed by atoms with E-state index in [0.717, 1.165) is 47.2 Å². The highest BCUT2D eigenvalue weighted by molar-refractivity contribution is 7.47. The molecule has 1 atom stereocenters. The smallest absolute Gasteiger partial charge is 0.225 e. The summed E-state index contributed by atoms with van der Waals surface area (Å²) in [5.41, 5.74) is 10.3. The Morgan fingerprint density at radius 3 is 2.44 bits per heavy atom. The molecule has 1 aromatic heterocycles. The van der Waals surface area contributed by atoms with Crippen LogP contribution in [0, 0.1) is 0 Å². The summed E-state index contributed by atoms with van der Waals surface area (Å²) in [6, 6.07) is 14.2. The van der Waals surface area contributed by atoms with E-state index in [1.165, 1.54) is 11.3 Å². The van der Waals surface area contributed by atoms with Crippen LogP contribution in [0.3, 0.4) is 0 Å². The summed E-state index contributed by atoms with van der Waals surface area (Å²) in [6.45, 7) is 5.76. The van der Waals surface area contributed by atoms with Crippen LogP contribution < -0.4 is 15.2 Å². The first-order valence-electron chi connectivity index (χ1n) is 11.8. The summed E-state index contributed by atoms with van der Waals surface area (Å²) in [5.74, 6) is 1.00. The van der Waals surface area contributed by atoms with Gasteiger partial charge < -0.3 is 28.8 Å². The van der Waals surface area contributed by atoms with Crippen LogP contribution in [0.4, 0.5) is 0 Å². The van der Waals surface area contributed by atoms with E-state index in [0.29, 0.717) is 26.1 Å². The van der Waals surface area contributed by atoms with E-state index in [9.17, 15) is 4.79 Å². The molecule has 1 aliphatic carbocycles. The van der Waals surface area contributed by atoms with E-state index in [-0.39, 0.29) is 11.8 Å². The second-order valence-corrected chi connectivity index (χ2v) is 9.70. The molecule has 2 N–H and O–H groups in total. The molecule has 8 heteroatoms. The first kappa shape index (κ1) is 24.5. The maximum absolute atomic E-state index is 12.4. The second-order valence-electron chi connectivity index (χ2n) is 8.26. The van der Waals surface area contributed by atoms with Gasteiger partial charge in [0, 0.05) is 23.1 Å². The molecule has 2 aromatic carbocycles. The number of amides is 1. The Kier molecular flexibility index (Phi) is 8.09. The minimum absolute atomic E-state index is 0.271. The van der Waals surface area contributed by atoms with Crippen molar-refractivity contribution in [3.05, 3.63) is 59.3 Å². The van der Waals surface area contributed by atoms with Gasteiger partial charge in [0.15, 0.2) is 6.35 Å². The Labute approximate surface area is 202 Å². The van der Waals surface area contributed by atoms with Crippen molar-refractivity contribution in [2.45, 2.75) is 45.6 Å². The fraction of sp³-hybridized carbons (Fsp3) is 0.423. The fourth-order valence-corrected chi connectivity index (χ4v) is 5.74. The highest BCUT2D eigenvalue weighted by Gasteiger charge is 2.31. The molecule has 3 aromatic rings. The number of hydrogen-bond acceptors (Lipinski definition) is 5. The zero-order chi connectivity index (χ0) is 24.1. The average molecular weight is 485 g/mol. The van der Waals surface area contributed by atoms with Gasteiger partial charge in [0.25, 0.3) is 0 Å². The summed E-state index contributed by atoms with van der Waals surface area (Å²) >= 11 is 0. The van der Waals surface area contributed by atoms with E-state index in [2.05, 4.69) is 22.8 Å². The van der Waals surface area contributed by atoms with Crippen molar-refractivity contribution in [2.24, 2.45) is 5.73 Å². The van der Waals surface area contributed by atoms with Crippen LogP contribution in [-0.2, 0) is 26.8 Å². The van der Waals surface area contributed by atoms with Crippen LogP contribution in [0.15, 0.2) is 42.5 Å². The molecule has 0 saturated carbocycles. The lowest BCUT2D eigenvalue weighted by molar-refractivity contribution is -0.119. The third-order valence-corrected chi connectivity index (χ3v) is 7.60. The minimum atomic E-state index is -1.10. The van der Waals surface area contributed by atoms with E-state index in [1.807, 2.05) is 38.1 Å². The number of carbonyl (C=O) groups is 1. The van der Waals surface area contributed by atoms with E-state index >= 15 is 0 Å². The summed E-state index contributed by atoms with van der Waals surface area (Å²) in [5, 5.41) is 1.03. The highest BCUT2D eigenvalue weighted by Crippen LogP contribution is 2.42. The Balaban J connectivity index is 1.71.